The molecular formula is C13H13FO3. The van der Waals surface area contributed by atoms with E-state index in [1.165, 1.54) is 18.2 Å². The lowest BCUT2D eigenvalue weighted by atomic mass is 10.1. The minimum absolute atomic E-state index is 0.0217. The number of hydrogen-bond acceptors (Lipinski definition) is 2. The second-order valence-electron chi connectivity index (χ2n) is 3.17. The first-order valence-electron chi connectivity index (χ1n) is 5.23. The number of carboxylic acid groups (broad SMARTS) is 1. The van der Waals surface area contributed by atoms with Crippen molar-refractivity contribution >= 4 is 16.7 Å². The molecule has 0 heterocycles. The predicted molar refractivity (Wildman–Crippen MR) is 63.9 cm³/mol. The van der Waals surface area contributed by atoms with Crippen molar-refractivity contribution in [2.24, 2.45) is 0 Å². The molecule has 0 aliphatic rings. The van der Waals surface area contributed by atoms with Crippen molar-refractivity contribution in [3.05, 3.63) is 41.7 Å². The molecular weight excluding hydrogens is 223 g/mol. The Morgan fingerprint density at radius 2 is 1.82 bits per heavy atom. The predicted octanol–water partition coefficient (Wildman–Crippen LogP) is 3.41. The molecule has 0 aliphatic heterocycles. The van der Waals surface area contributed by atoms with Gasteiger partial charge in [-0.1, -0.05) is 19.9 Å². The second kappa shape index (κ2) is 5.30. The molecule has 0 radical (unpaired) electrons. The zero-order valence-corrected chi connectivity index (χ0v) is 9.57. The van der Waals surface area contributed by atoms with Gasteiger partial charge in [-0.25, -0.2) is 9.18 Å². The van der Waals surface area contributed by atoms with Gasteiger partial charge in [-0.05, 0) is 29.7 Å². The van der Waals surface area contributed by atoms with Crippen LogP contribution in [-0.2, 0) is 0 Å². The summed E-state index contributed by atoms with van der Waals surface area (Å²) in [6, 6.07) is 6.29. The molecule has 0 saturated carbocycles. The molecule has 0 fully saturated rings. The SMILES string of the molecule is CC.O=C(O)c1cc(O)c2cc(F)ccc2c1. The van der Waals surface area contributed by atoms with Crippen LogP contribution < -0.4 is 0 Å². The van der Waals surface area contributed by atoms with Gasteiger partial charge in [0.2, 0.25) is 0 Å². The topological polar surface area (TPSA) is 57.5 Å². The van der Waals surface area contributed by atoms with Gasteiger partial charge in [0.15, 0.2) is 0 Å². The fourth-order valence-electron chi connectivity index (χ4n) is 1.43. The first-order chi connectivity index (χ1) is 8.08. The third-order valence-corrected chi connectivity index (χ3v) is 2.14. The van der Waals surface area contributed by atoms with Crippen LogP contribution in [0.3, 0.4) is 0 Å². The zero-order chi connectivity index (χ0) is 13.0. The molecule has 0 amide bonds. The lowest BCUT2D eigenvalue weighted by Gasteiger charge is -2.03. The smallest absolute Gasteiger partial charge is 0.335 e. The van der Waals surface area contributed by atoms with Gasteiger partial charge in [-0.3, -0.25) is 0 Å². The highest BCUT2D eigenvalue weighted by Crippen LogP contribution is 2.27. The van der Waals surface area contributed by atoms with Gasteiger partial charge in [0, 0.05) is 5.39 Å². The monoisotopic (exact) mass is 236 g/mol. The first kappa shape index (κ1) is 13.0. The number of aromatic carboxylic acids is 1. The molecule has 2 rings (SSSR count). The van der Waals surface area contributed by atoms with E-state index in [0.29, 0.717) is 10.8 Å². The highest BCUT2D eigenvalue weighted by atomic mass is 19.1. The fraction of sp³-hybridized carbons (Fsp3) is 0.154. The molecule has 0 atom stereocenters. The first-order valence-corrected chi connectivity index (χ1v) is 5.23. The van der Waals surface area contributed by atoms with Crippen molar-refractivity contribution in [2.75, 3.05) is 0 Å². The number of phenols is 1. The fourth-order valence-corrected chi connectivity index (χ4v) is 1.43. The molecule has 0 aliphatic carbocycles. The molecule has 4 heteroatoms. The van der Waals surface area contributed by atoms with Crippen LogP contribution in [0.15, 0.2) is 30.3 Å². The van der Waals surface area contributed by atoms with Crippen LogP contribution in [0.5, 0.6) is 5.75 Å². The maximum absolute atomic E-state index is 12.8. The Bertz CT molecular complexity index is 550. The molecule has 0 aromatic heterocycles. The van der Waals surface area contributed by atoms with E-state index < -0.39 is 11.8 Å². The van der Waals surface area contributed by atoms with Crippen LogP contribution in [0.4, 0.5) is 4.39 Å². The molecule has 0 bridgehead atoms. The number of hydrogen-bond donors (Lipinski definition) is 2. The van der Waals surface area contributed by atoms with Crippen LogP contribution in [0.2, 0.25) is 0 Å². The molecule has 2 aromatic carbocycles. The van der Waals surface area contributed by atoms with E-state index in [9.17, 15) is 14.3 Å². The molecule has 0 spiro atoms. The maximum atomic E-state index is 12.8. The Labute approximate surface area is 98.1 Å². The van der Waals surface area contributed by atoms with Crippen LogP contribution >= 0.6 is 0 Å². The maximum Gasteiger partial charge on any atom is 0.335 e. The average molecular weight is 236 g/mol. The Morgan fingerprint density at radius 3 is 2.41 bits per heavy atom. The van der Waals surface area contributed by atoms with Crippen LogP contribution in [0, 0.1) is 5.82 Å². The van der Waals surface area contributed by atoms with E-state index in [2.05, 4.69) is 0 Å². The zero-order valence-electron chi connectivity index (χ0n) is 9.57. The number of fused-ring (bicyclic) bond motifs is 1. The van der Waals surface area contributed by atoms with Crippen LogP contribution in [-0.4, -0.2) is 16.2 Å². The number of benzene rings is 2. The minimum atomic E-state index is -1.13. The number of aromatic hydroxyl groups is 1. The molecule has 3 nitrogen and oxygen atoms in total. The largest absolute Gasteiger partial charge is 0.507 e. The molecule has 0 unspecified atom stereocenters. The average Bonchev–Trinajstić information content (AvgIpc) is 2.32. The summed E-state index contributed by atoms with van der Waals surface area (Å²) in [5, 5.41) is 19.0. The van der Waals surface area contributed by atoms with E-state index >= 15 is 0 Å². The lowest BCUT2D eigenvalue weighted by Crippen LogP contribution is -1.95. The Hall–Kier alpha value is -2.10. The summed E-state index contributed by atoms with van der Waals surface area (Å²) in [5.41, 5.74) is -0.0217. The Balaban J connectivity index is 0.000000686. The summed E-state index contributed by atoms with van der Waals surface area (Å²) >= 11 is 0. The molecule has 90 valence electrons. The van der Waals surface area contributed by atoms with Crippen molar-refractivity contribution in [2.45, 2.75) is 13.8 Å². The summed E-state index contributed by atoms with van der Waals surface area (Å²) in [4.78, 5) is 10.7. The van der Waals surface area contributed by atoms with Crippen LogP contribution in [0.25, 0.3) is 10.8 Å². The summed E-state index contributed by atoms with van der Waals surface area (Å²) in [7, 11) is 0. The molecule has 2 aromatic rings. The summed E-state index contributed by atoms with van der Waals surface area (Å²) in [5.74, 6) is -1.83. The van der Waals surface area contributed by atoms with Gasteiger partial charge in [-0.15, -0.1) is 0 Å². The standard InChI is InChI=1S/C11H7FO3.C2H6/c12-8-2-1-6-3-7(11(14)15)4-10(13)9(6)5-8;1-2/h1-5,13H,(H,14,15);1-2H3. The second-order valence-corrected chi connectivity index (χ2v) is 3.17. The molecule has 0 saturated heterocycles. The highest BCUT2D eigenvalue weighted by molar-refractivity contribution is 5.97. The lowest BCUT2D eigenvalue weighted by molar-refractivity contribution is 0.0696. The van der Waals surface area contributed by atoms with Crippen molar-refractivity contribution < 1.29 is 19.4 Å². The highest BCUT2D eigenvalue weighted by Gasteiger charge is 2.08. The van der Waals surface area contributed by atoms with E-state index in [1.54, 1.807) is 0 Å². The number of phenolic OH excluding ortho intramolecular Hbond substituents is 1. The van der Waals surface area contributed by atoms with Crippen molar-refractivity contribution in [3.63, 3.8) is 0 Å². The van der Waals surface area contributed by atoms with E-state index in [-0.39, 0.29) is 11.3 Å². The Kier molecular flexibility index (Phi) is 4.04. The van der Waals surface area contributed by atoms with E-state index in [0.717, 1.165) is 12.1 Å². The number of carbonyl (C=O) groups is 1. The molecule has 17 heavy (non-hydrogen) atoms. The van der Waals surface area contributed by atoms with Crippen molar-refractivity contribution in [1.29, 1.82) is 0 Å². The minimum Gasteiger partial charge on any atom is -0.507 e. The summed E-state index contributed by atoms with van der Waals surface area (Å²) < 4.78 is 12.8. The van der Waals surface area contributed by atoms with Gasteiger partial charge in [-0.2, -0.15) is 0 Å². The quantitative estimate of drug-likeness (QED) is 0.797. The van der Waals surface area contributed by atoms with Crippen LogP contribution in [0.1, 0.15) is 24.2 Å². The molecule has 2 N–H and O–H groups in total. The van der Waals surface area contributed by atoms with Crippen molar-refractivity contribution in [1.82, 2.24) is 0 Å². The van der Waals surface area contributed by atoms with Gasteiger partial charge in [0.25, 0.3) is 0 Å². The van der Waals surface area contributed by atoms with Gasteiger partial charge in [0.1, 0.15) is 11.6 Å². The normalized spacial score (nSPS) is 9.59. The van der Waals surface area contributed by atoms with Crippen molar-refractivity contribution in [3.8, 4) is 5.75 Å². The third-order valence-electron chi connectivity index (χ3n) is 2.14. The van der Waals surface area contributed by atoms with Gasteiger partial charge < -0.3 is 10.2 Å². The summed E-state index contributed by atoms with van der Waals surface area (Å²) in [6.45, 7) is 4.00. The van der Waals surface area contributed by atoms with E-state index in [1.807, 2.05) is 13.8 Å². The van der Waals surface area contributed by atoms with E-state index in [4.69, 9.17) is 5.11 Å². The number of rotatable bonds is 1. The Morgan fingerprint density at radius 1 is 1.18 bits per heavy atom. The number of halogens is 1. The summed E-state index contributed by atoms with van der Waals surface area (Å²) in [6.07, 6.45) is 0. The third kappa shape index (κ3) is 2.72. The van der Waals surface area contributed by atoms with Gasteiger partial charge >= 0.3 is 5.97 Å². The number of carboxylic acids is 1. The van der Waals surface area contributed by atoms with Gasteiger partial charge in [0.05, 0.1) is 5.56 Å².